The number of hydrogen-bond acceptors (Lipinski definition) is 6. The lowest BCUT2D eigenvalue weighted by Crippen LogP contribution is -2.47. The molecule has 11 heteroatoms. The molecule has 3 rings (SSSR count). The van der Waals surface area contributed by atoms with Gasteiger partial charge in [0.15, 0.2) is 16.8 Å². The van der Waals surface area contributed by atoms with Gasteiger partial charge in [-0.25, -0.2) is 26.5 Å². The largest absolute Gasteiger partial charge is 0.301 e. The number of piperidine rings is 1. The van der Waals surface area contributed by atoms with Crippen LogP contribution in [0.4, 0.5) is 13.9 Å². The number of aromatic nitrogens is 1. The van der Waals surface area contributed by atoms with Crippen LogP contribution >= 0.6 is 11.3 Å². The molecule has 7 nitrogen and oxygen atoms in total. The molecule has 29 heavy (non-hydrogen) atoms. The maximum absolute atomic E-state index is 13.4. The third kappa shape index (κ3) is 5.56. The average molecular weight is 445 g/mol. The van der Waals surface area contributed by atoms with Crippen LogP contribution in [0.15, 0.2) is 23.6 Å². The summed E-state index contributed by atoms with van der Waals surface area (Å²) in [7, 11) is -1.65. The van der Waals surface area contributed by atoms with Gasteiger partial charge < -0.3 is 5.32 Å². The zero-order chi connectivity index (χ0) is 21.2. The lowest BCUT2D eigenvalue weighted by atomic mass is 10.1. The van der Waals surface area contributed by atoms with E-state index in [2.05, 4.69) is 10.3 Å². The van der Waals surface area contributed by atoms with Gasteiger partial charge in [-0.1, -0.05) is 0 Å². The molecule has 0 saturated carbocycles. The number of carbonyl (C=O) groups is 1. The van der Waals surface area contributed by atoms with Crippen molar-refractivity contribution in [1.29, 1.82) is 0 Å². The van der Waals surface area contributed by atoms with E-state index in [1.54, 1.807) is 12.4 Å². The third-order valence-corrected chi connectivity index (χ3v) is 7.03. The first kappa shape index (κ1) is 21.8. The van der Waals surface area contributed by atoms with Crippen LogP contribution in [-0.2, 0) is 14.8 Å². The fourth-order valence-corrected chi connectivity index (χ4v) is 4.68. The molecule has 2 heterocycles. The Labute approximate surface area is 172 Å². The van der Waals surface area contributed by atoms with Crippen LogP contribution < -0.4 is 5.32 Å². The number of nitrogens with one attached hydrogen (secondary N) is 1. The third-order valence-electron chi connectivity index (χ3n) is 4.93. The first-order chi connectivity index (χ1) is 13.6. The molecule has 158 valence electrons. The Morgan fingerprint density at radius 3 is 2.62 bits per heavy atom. The summed E-state index contributed by atoms with van der Waals surface area (Å²) in [6.07, 6.45) is 2.51. The quantitative estimate of drug-likeness (QED) is 0.740. The highest BCUT2D eigenvalue weighted by molar-refractivity contribution is 7.88. The van der Waals surface area contributed by atoms with E-state index in [-0.39, 0.29) is 18.5 Å². The average Bonchev–Trinajstić information content (AvgIpc) is 3.11. The number of sulfonamides is 1. The maximum Gasteiger partial charge on any atom is 0.240 e. The van der Waals surface area contributed by atoms with Crippen molar-refractivity contribution >= 4 is 32.4 Å². The number of halogens is 2. The lowest BCUT2D eigenvalue weighted by molar-refractivity contribution is -0.117. The second kappa shape index (κ2) is 8.82. The first-order valence-corrected chi connectivity index (χ1v) is 11.7. The van der Waals surface area contributed by atoms with Crippen molar-refractivity contribution in [1.82, 2.24) is 14.2 Å². The zero-order valence-electron chi connectivity index (χ0n) is 16.1. The molecule has 1 aliphatic heterocycles. The fourth-order valence-electron chi connectivity index (χ4n) is 3.19. The predicted molar refractivity (Wildman–Crippen MR) is 108 cm³/mol. The number of hydrogen-bond donors (Lipinski definition) is 1. The van der Waals surface area contributed by atoms with Gasteiger partial charge in [0, 0.05) is 37.1 Å². The van der Waals surface area contributed by atoms with E-state index in [0.29, 0.717) is 42.3 Å². The van der Waals surface area contributed by atoms with E-state index in [9.17, 15) is 22.0 Å². The van der Waals surface area contributed by atoms with Gasteiger partial charge in [-0.05, 0) is 31.0 Å². The molecule has 0 spiro atoms. The van der Waals surface area contributed by atoms with E-state index in [1.165, 1.54) is 28.0 Å². The highest BCUT2D eigenvalue weighted by atomic mass is 32.2. The Bertz CT molecular complexity index is 989. The van der Waals surface area contributed by atoms with Crippen molar-refractivity contribution in [3.05, 3.63) is 35.2 Å². The number of amides is 1. The van der Waals surface area contributed by atoms with Crippen LogP contribution in [0, 0.1) is 11.6 Å². The van der Waals surface area contributed by atoms with Crippen molar-refractivity contribution in [3.8, 4) is 11.3 Å². The molecule has 0 atom stereocenters. The van der Waals surface area contributed by atoms with Crippen LogP contribution in [0.25, 0.3) is 11.3 Å². The number of benzene rings is 1. The zero-order valence-corrected chi connectivity index (χ0v) is 17.7. The highest BCUT2D eigenvalue weighted by Crippen LogP contribution is 2.26. The second-order valence-electron chi connectivity index (χ2n) is 7.00. The summed E-state index contributed by atoms with van der Waals surface area (Å²) in [5.74, 6) is -2.11. The van der Waals surface area contributed by atoms with Crippen LogP contribution in [0.1, 0.15) is 12.8 Å². The summed E-state index contributed by atoms with van der Waals surface area (Å²) in [5, 5.41) is 4.75. The van der Waals surface area contributed by atoms with Gasteiger partial charge in [-0.3, -0.25) is 9.69 Å². The molecule has 0 radical (unpaired) electrons. The van der Waals surface area contributed by atoms with Crippen molar-refractivity contribution in [2.24, 2.45) is 0 Å². The van der Waals surface area contributed by atoms with Gasteiger partial charge in [-0.15, -0.1) is 11.3 Å². The Morgan fingerprint density at radius 2 is 2.00 bits per heavy atom. The van der Waals surface area contributed by atoms with Crippen molar-refractivity contribution in [2.45, 2.75) is 18.9 Å². The smallest absolute Gasteiger partial charge is 0.240 e. The molecule has 0 aliphatic carbocycles. The van der Waals surface area contributed by atoms with E-state index < -0.39 is 21.7 Å². The number of nitrogens with zero attached hydrogens (tertiary/aromatic N) is 3. The van der Waals surface area contributed by atoms with Gasteiger partial charge >= 0.3 is 0 Å². The summed E-state index contributed by atoms with van der Waals surface area (Å²) < 4.78 is 51.1. The Morgan fingerprint density at radius 1 is 1.31 bits per heavy atom. The number of carbonyl (C=O) groups excluding carboxylic acids is 1. The van der Waals surface area contributed by atoms with Gasteiger partial charge in [0.1, 0.15) is 0 Å². The number of likely N-dealkylation sites (tertiary alicyclic amines) is 1. The highest BCUT2D eigenvalue weighted by Gasteiger charge is 2.27. The molecule has 0 bridgehead atoms. The SMILES string of the molecule is CN(C1CCN(CC(=O)Nc2nc(-c3ccc(F)c(F)c3)cs2)CC1)S(C)(=O)=O. The maximum atomic E-state index is 13.4. The molecule has 1 aromatic heterocycles. The first-order valence-electron chi connectivity index (χ1n) is 8.99. The summed E-state index contributed by atoms with van der Waals surface area (Å²) in [4.78, 5) is 18.5. The normalized spacial score (nSPS) is 16.3. The molecular weight excluding hydrogens is 422 g/mol. The van der Waals surface area contributed by atoms with E-state index in [0.717, 1.165) is 12.1 Å². The minimum absolute atomic E-state index is 0.0538. The fraction of sp³-hybridized carbons (Fsp3) is 0.444. The van der Waals surface area contributed by atoms with Gasteiger partial charge in [0.25, 0.3) is 0 Å². The van der Waals surface area contributed by atoms with Gasteiger partial charge in [-0.2, -0.15) is 0 Å². The Hall–Kier alpha value is -1.95. The molecule has 1 fully saturated rings. The molecule has 1 aliphatic rings. The van der Waals surface area contributed by atoms with Gasteiger partial charge in [0.05, 0.1) is 18.5 Å². The molecule has 2 aromatic rings. The number of thiazole rings is 1. The Balaban J connectivity index is 1.52. The summed E-state index contributed by atoms with van der Waals surface area (Å²) in [5.41, 5.74) is 0.881. The van der Waals surface area contributed by atoms with Crippen molar-refractivity contribution in [2.75, 3.05) is 38.3 Å². The molecule has 1 amide bonds. The van der Waals surface area contributed by atoms with Crippen LogP contribution in [0.5, 0.6) is 0 Å². The number of anilines is 1. The summed E-state index contributed by atoms with van der Waals surface area (Å²) >= 11 is 1.20. The topological polar surface area (TPSA) is 82.6 Å². The summed E-state index contributed by atoms with van der Waals surface area (Å²) in [6.45, 7) is 1.42. The van der Waals surface area contributed by atoms with Crippen LogP contribution in [-0.4, -0.2) is 67.5 Å². The lowest BCUT2D eigenvalue weighted by Gasteiger charge is -2.35. The number of rotatable bonds is 6. The molecule has 1 aromatic carbocycles. The monoisotopic (exact) mass is 444 g/mol. The predicted octanol–water partition coefficient (Wildman–Crippen LogP) is 2.38. The Kier molecular flexibility index (Phi) is 6.62. The molecular formula is C18H22F2N4O3S2. The van der Waals surface area contributed by atoms with Crippen LogP contribution in [0.2, 0.25) is 0 Å². The minimum atomic E-state index is -3.23. The second-order valence-corrected chi connectivity index (χ2v) is 9.90. The standard InChI is InChI=1S/C18H22F2N4O3S2/c1-23(29(2,26)27)13-5-7-24(8-6-13)10-17(25)22-18-21-16(11-28-18)12-3-4-14(19)15(20)9-12/h3-4,9,11,13H,5-8,10H2,1-2H3,(H,21,22,25). The minimum Gasteiger partial charge on any atom is -0.301 e. The molecule has 0 unspecified atom stereocenters. The van der Waals surface area contributed by atoms with Crippen molar-refractivity contribution in [3.63, 3.8) is 0 Å². The van der Waals surface area contributed by atoms with E-state index in [1.807, 2.05) is 4.90 Å². The van der Waals surface area contributed by atoms with Gasteiger partial charge in [0.2, 0.25) is 15.9 Å². The summed E-state index contributed by atoms with van der Waals surface area (Å²) in [6, 6.07) is 3.47. The van der Waals surface area contributed by atoms with E-state index >= 15 is 0 Å². The molecule has 1 saturated heterocycles. The van der Waals surface area contributed by atoms with Crippen molar-refractivity contribution < 1.29 is 22.0 Å². The van der Waals surface area contributed by atoms with E-state index in [4.69, 9.17) is 0 Å². The van der Waals surface area contributed by atoms with Crippen LogP contribution in [0.3, 0.4) is 0 Å². The molecule has 1 N–H and O–H groups in total.